The number of nitrogens with one attached hydrogen (secondary N) is 1. The lowest BCUT2D eigenvalue weighted by Crippen LogP contribution is -2.45. The van der Waals surface area contributed by atoms with Crippen LogP contribution in [0.3, 0.4) is 0 Å². The van der Waals surface area contributed by atoms with E-state index in [0.717, 1.165) is 5.56 Å². The average molecular weight is 478 g/mol. The lowest BCUT2D eigenvalue weighted by Gasteiger charge is -2.30. The number of nitrogens with two attached hydrogens (primary N) is 1. The molecule has 0 bridgehead atoms. The van der Waals surface area contributed by atoms with Gasteiger partial charge in [0.15, 0.2) is 0 Å². The number of benzene rings is 2. The summed E-state index contributed by atoms with van der Waals surface area (Å²) in [7, 11) is -2.14. The van der Waals surface area contributed by atoms with Crippen LogP contribution in [0.25, 0.3) is 0 Å². The fourth-order valence-corrected chi connectivity index (χ4v) is 5.27. The molecule has 10 heteroatoms. The van der Waals surface area contributed by atoms with Crippen molar-refractivity contribution in [3.05, 3.63) is 59.9 Å². The first-order valence-electron chi connectivity index (χ1n) is 10.7. The van der Waals surface area contributed by atoms with E-state index in [-0.39, 0.29) is 48.6 Å². The van der Waals surface area contributed by atoms with E-state index in [9.17, 15) is 22.4 Å². The van der Waals surface area contributed by atoms with Crippen molar-refractivity contribution >= 4 is 21.8 Å². The molecule has 1 unspecified atom stereocenters. The van der Waals surface area contributed by atoms with Gasteiger partial charge >= 0.3 is 0 Å². The van der Waals surface area contributed by atoms with Crippen LogP contribution in [-0.4, -0.2) is 51.3 Å². The van der Waals surface area contributed by atoms with Gasteiger partial charge in [0, 0.05) is 25.6 Å². The summed E-state index contributed by atoms with van der Waals surface area (Å²) in [6.07, 6.45) is 1.04. The predicted octanol–water partition coefficient (Wildman–Crippen LogP) is 1.70. The molecule has 1 aliphatic rings. The summed E-state index contributed by atoms with van der Waals surface area (Å²) >= 11 is 0. The van der Waals surface area contributed by atoms with Gasteiger partial charge < -0.3 is 15.8 Å². The van der Waals surface area contributed by atoms with Crippen molar-refractivity contribution in [2.75, 3.05) is 26.7 Å². The quantitative estimate of drug-likeness (QED) is 0.570. The third-order valence-electron chi connectivity index (χ3n) is 5.84. The molecule has 178 valence electrons. The molecule has 0 saturated carbocycles. The van der Waals surface area contributed by atoms with Crippen molar-refractivity contribution in [1.82, 2.24) is 9.62 Å². The van der Waals surface area contributed by atoms with Crippen molar-refractivity contribution in [3.63, 3.8) is 0 Å². The number of primary amides is 1. The molecule has 1 heterocycles. The topological polar surface area (TPSA) is 119 Å². The molecule has 1 atom stereocenters. The van der Waals surface area contributed by atoms with E-state index in [1.54, 1.807) is 24.3 Å². The number of carbonyl (C=O) groups is 2. The van der Waals surface area contributed by atoms with Gasteiger partial charge in [0.25, 0.3) is 0 Å². The molecule has 3 rings (SSSR count). The number of rotatable bonds is 9. The summed E-state index contributed by atoms with van der Waals surface area (Å²) in [6.45, 7) is 0.512. The lowest BCUT2D eigenvalue weighted by molar-refractivity contribution is -0.127. The van der Waals surface area contributed by atoms with Crippen molar-refractivity contribution in [1.29, 1.82) is 0 Å². The molecular weight excluding hydrogens is 449 g/mol. The second-order valence-corrected chi connectivity index (χ2v) is 9.97. The minimum absolute atomic E-state index is 0.0654. The maximum atomic E-state index is 13.1. The van der Waals surface area contributed by atoms with Crippen LogP contribution >= 0.6 is 0 Å². The van der Waals surface area contributed by atoms with Crippen LogP contribution in [0.5, 0.6) is 5.75 Å². The molecule has 2 aromatic carbocycles. The average Bonchev–Trinajstić information content (AvgIpc) is 2.82. The van der Waals surface area contributed by atoms with E-state index in [4.69, 9.17) is 10.5 Å². The normalized spacial score (nSPS) is 16.2. The SMILES string of the molecule is COc1ccc(S(=O)(=O)N2CCC(C(=O)NCC(Cc3ccc(F)cc3)C(N)=O)CC2)cc1. The zero-order valence-corrected chi connectivity index (χ0v) is 19.2. The summed E-state index contributed by atoms with van der Waals surface area (Å²) in [4.78, 5) is 24.6. The molecule has 0 aliphatic carbocycles. The van der Waals surface area contributed by atoms with Gasteiger partial charge in [-0.2, -0.15) is 4.31 Å². The number of hydrogen-bond acceptors (Lipinski definition) is 5. The van der Waals surface area contributed by atoms with Gasteiger partial charge in [-0.1, -0.05) is 12.1 Å². The van der Waals surface area contributed by atoms with E-state index in [1.807, 2.05) is 0 Å². The van der Waals surface area contributed by atoms with Crippen LogP contribution in [0.1, 0.15) is 18.4 Å². The van der Waals surface area contributed by atoms with Gasteiger partial charge in [-0.05, 0) is 61.2 Å². The Morgan fingerprint density at radius 3 is 2.27 bits per heavy atom. The van der Waals surface area contributed by atoms with Crippen LogP contribution in [0.2, 0.25) is 0 Å². The maximum Gasteiger partial charge on any atom is 0.243 e. The van der Waals surface area contributed by atoms with Crippen LogP contribution in [0.15, 0.2) is 53.4 Å². The minimum atomic E-state index is -3.65. The smallest absolute Gasteiger partial charge is 0.243 e. The molecule has 8 nitrogen and oxygen atoms in total. The number of ether oxygens (including phenoxy) is 1. The van der Waals surface area contributed by atoms with Crippen LogP contribution in [0.4, 0.5) is 4.39 Å². The van der Waals surface area contributed by atoms with Crippen LogP contribution < -0.4 is 15.8 Å². The number of piperidine rings is 1. The third kappa shape index (κ3) is 6.29. The maximum absolute atomic E-state index is 13.1. The first-order valence-corrected chi connectivity index (χ1v) is 12.1. The van der Waals surface area contributed by atoms with Gasteiger partial charge in [0.1, 0.15) is 11.6 Å². The van der Waals surface area contributed by atoms with E-state index in [0.29, 0.717) is 18.6 Å². The van der Waals surface area contributed by atoms with Gasteiger partial charge in [0.05, 0.1) is 17.9 Å². The Bertz CT molecular complexity index is 1070. The van der Waals surface area contributed by atoms with Gasteiger partial charge in [-0.15, -0.1) is 0 Å². The van der Waals surface area contributed by atoms with Crippen molar-refractivity contribution < 1.29 is 27.1 Å². The fraction of sp³-hybridized carbons (Fsp3) is 0.391. The fourth-order valence-electron chi connectivity index (χ4n) is 3.80. The van der Waals surface area contributed by atoms with Crippen LogP contribution in [0, 0.1) is 17.7 Å². The van der Waals surface area contributed by atoms with Crippen LogP contribution in [-0.2, 0) is 26.0 Å². The number of amides is 2. The number of carbonyl (C=O) groups excluding carboxylic acids is 2. The molecule has 33 heavy (non-hydrogen) atoms. The second kappa shape index (κ2) is 10.8. The summed E-state index contributed by atoms with van der Waals surface area (Å²) in [5.74, 6) is -1.58. The third-order valence-corrected chi connectivity index (χ3v) is 7.76. The lowest BCUT2D eigenvalue weighted by atomic mass is 9.95. The van der Waals surface area contributed by atoms with Gasteiger partial charge in [-0.3, -0.25) is 9.59 Å². The number of methoxy groups -OCH3 is 1. The first kappa shape index (κ1) is 24.7. The molecule has 2 amide bonds. The number of nitrogens with zero attached hydrogens (tertiary/aromatic N) is 1. The molecule has 1 fully saturated rings. The molecule has 2 aromatic rings. The van der Waals surface area contributed by atoms with Crippen molar-refractivity contribution in [3.8, 4) is 5.75 Å². The molecular formula is C23H28FN3O5S. The van der Waals surface area contributed by atoms with Crippen molar-refractivity contribution in [2.24, 2.45) is 17.6 Å². The highest BCUT2D eigenvalue weighted by Gasteiger charge is 2.32. The highest BCUT2D eigenvalue weighted by atomic mass is 32.2. The highest BCUT2D eigenvalue weighted by Crippen LogP contribution is 2.25. The summed E-state index contributed by atoms with van der Waals surface area (Å²) < 4.78 is 45.2. The Morgan fingerprint density at radius 2 is 1.73 bits per heavy atom. The molecule has 0 spiro atoms. The highest BCUT2D eigenvalue weighted by molar-refractivity contribution is 7.89. The first-order chi connectivity index (χ1) is 15.7. The molecule has 1 saturated heterocycles. The van der Waals surface area contributed by atoms with Gasteiger partial charge in [0.2, 0.25) is 21.8 Å². The predicted molar refractivity (Wildman–Crippen MR) is 120 cm³/mol. The Labute approximate surface area is 193 Å². The standard InChI is InChI=1S/C23H28FN3O5S/c1-32-20-6-8-21(9-7-20)33(30,31)27-12-10-17(11-13-27)23(29)26-15-18(22(25)28)14-16-2-4-19(24)5-3-16/h2-9,17-18H,10-15H2,1H3,(H2,25,28)(H,26,29). The number of sulfonamides is 1. The monoisotopic (exact) mass is 477 g/mol. The Kier molecular flexibility index (Phi) is 8.04. The molecule has 0 radical (unpaired) electrons. The van der Waals surface area contributed by atoms with E-state index >= 15 is 0 Å². The molecule has 3 N–H and O–H groups in total. The largest absolute Gasteiger partial charge is 0.497 e. The van der Waals surface area contributed by atoms with Crippen molar-refractivity contribution in [2.45, 2.75) is 24.2 Å². The summed E-state index contributed by atoms with van der Waals surface area (Å²) in [6, 6.07) is 11.9. The Morgan fingerprint density at radius 1 is 1.12 bits per heavy atom. The summed E-state index contributed by atoms with van der Waals surface area (Å²) in [5, 5.41) is 2.77. The van der Waals surface area contributed by atoms with E-state index in [1.165, 1.54) is 35.7 Å². The van der Waals surface area contributed by atoms with E-state index in [2.05, 4.69) is 5.32 Å². The minimum Gasteiger partial charge on any atom is -0.497 e. The number of hydrogen-bond donors (Lipinski definition) is 2. The summed E-state index contributed by atoms with van der Waals surface area (Å²) in [5.41, 5.74) is 6.22. The molecule has 1 aliphatic heterocycles. The Balaban J connectivity index is 1.52. The second-order valence-electron chi connectivity index (χ2n) is 8.03. The van der Waals surface area contributed by atoms with Gasteiger partial charge in [-0.25, -0.2) is 12.8 Å². The molecule has 0 aromatic heterocycles. The zero-order chi connectivity index (χ0) is 24.0. The Hall–Kier alpha value is -2.98. The van der Waals surface area contributed by atoms with E-state index < -0.39 is 21.8 Å². The zero-order valence-electron chi connectivity index (χ0n) is 18.4. The number of halogens is 1.